The molecule has 0 radical (unpaired) electrons. The minimum atomic E-state index is -0.162. The second-order valence-corrected chi connectivity index (χ2v) is 6.55. The number of amides is 2. The van der Waals surface area contributed by atoms with Gasteiger partial charge in [0.25, 0.3) is 5.91 Å². The molecule has 0 fully saturated rings. The lowest BCUT2D eigenvalue weighted by Crippen LogP contribution is -2.32. The number of hydrogen-bond donors (Lipinski definition) is 2. The van der Waals surface area contributed by atoms with Crippen LogP contribution in [0.5, 0.6) is 0 Å². The van der Waals surface area contributed by atoms with Crippen molar-refractivity contribution in [2.24, 2.45) is 0 Å². The maximum absolute atomic E-state index is 12.4. The highest BCUT2D eigenvalue weighted by atomic mass is 16.2. The molecule has 4 heteroatoms. The Bertz CT molecular complexity index is 738. The number of benzene rings is 2. The van der Waals surface area contributed by atoms with Crippen LogP contribution in [-0.4, -0.2) is 17.9 Å². The van der Waals surface area contributed by atoms with E-state index in [0.717, 1.165) is 18.4 Å². The molecule has 0 unspecified atom stereocenters. The van der Waals surface area contributed by atoms with Crippen LogP contribution in [0.3, 0.4) is 0 Å². The lowest BCUT2D eigenvalue weighted by Gasteiger charge is -2.14. The van der Waals surface area contributed by atoms with E-state index in [9.17, 15) is 9.59 Å². The highest BCUT2D eigenvalue weighted by molar-refractivity contribution is 6.03. The summed E-state index contributed by atoms with van der Waals surface area (Å²) in [6.45, 7) is 6.10. The quantitative estimate of drug-likeness (QED) is 0.742. The van der Waals surface area contributed by atoms with Gasteiger partial charge in [-0.05, 0) is 49.4 Å². The Labute approximate surface area is 156 Å². The van der Waals surface area contributed by atoms with E-state index < -0.39 is 0 Å². The zero-order valence-corrected chi connectivity index (χ0v) is 15.8. The first kappa shape index (κ1) is 19.7. The molecule has 0 aliphatic rings. The molecular weight excluding hydrogens is 324 g/mol. The van der Waals surface area contributed by atoms with Gasteiger partial charge >= 0.3 is 0 Å². The monoisotopic (exact) mass is 352 g/mol. The van der Waals surface area contributed by atoms with E-state index in [1.54, 1.807) is 18.2 Å². The molecule has 0 aliphatic heterocycles. The Kier molecular flexibility index (Phi) is 7.39. The number of hydrogen-bond acceptors (Lipinski definition) is 2. The third-order valence-corrected chi connectivity index (χ3v) is 4.51. The summed E-state index contributed by atoms with van der Waals surface area (Å²) < 4.78 is 0. The fourth-order valence-corrected chi connectivity index (χ4v) is 2.61. The van der Waals surface area contributed by atoms with E-state index in [4.69, 9.17) is 0 Å². The van der Waals surface area contributed by atoms with Crippen LogP contribution in [-0.2, 0) is 17.6 Å². The number of aryl methyl sites for hydroxylation is 2. The molecule has 26 heavy (non-hydrogen) atoms. The maximum atomic E-state index is 12.4. The summed E-state index contributed by atoms with van der Waals surface area (Å²) in [6, 6.07) is 15.5. The van der Waals surface area contributed by atoms with Gasteiger partial charge in [-0.3, -0.25) is 9.59 Å². The highest BCUT2D eigenvalue weighted by Crippen LogP contribution is 2.16. The number of para-hydroxylation sites is 1. The normalized spacial score (nSPS) is 11.7. The number of rotatable bonds is 8. The highest BCUT2D eigenvalue weighted by Gasteiger charge is 2.14. The van der Waals surface area contributed by atoms with E-state index in [1.807, 2.05) is 19.9 Å². The Morgan fingerprint density at radius 1 is 0.962 bits per heavy atom. The first-order valence-electron chi connectivity index (χ1n) is 9.31. The van der Waals surface area contributed by atoms with Crippen molar-refractivity contribution in [3.63, 3.8) is 0 Å². The smallest absolute Gasteiger partial charge is 0.253 e. The number of anilines is 1. The summed E-state index contributed by atoms with van der Waals surface area (Å²) in [6.07, 6.45) is 2.93. The van der Waals surface area contributed by atoms with Crippen molar-refractivity contribution in [2.75, 3.05) is 5.32 Å². The van der Waals surface area contributed by atoms with Gasteiger partial charge in [0.15, 0.2) is 0 Å². The average Bonchev–Trinajstić information content (AvgIpc) is 2.67. The van der Waals surface area contributed by atoms with Crippen molar-refractivity contribution in [2.45, 2.75) is 52.5 Å². The van der Waals surface area contributed by atoms with Gasteiger partial charge < -0.3 is 10.6 Å². The van der Waals surface area contributed by atoms with Crippen molar-refractivity contribution in [1.29, 1.82) is 0 Å². The van der Waals surface area contributed by atoms with E-state index >= 15 is 0 Å². The van der Waals surface area contributed by atoms with Crippen LogP contribution in [0.1, 0.15) is 55.1 Å². The maximum Gasteiger partial charge on any atom is 0.253 e. The van der Waals surface area contributed by atoms with Crippen LogP contribution in [0.15, 0.2) is 48.5 Å². The minimum absolute atomic E-state index is 0.0895. The predicted octanol–water partition coefficient (Wildman–Crippen LogP) is 4.35. The van der Waals surface area contributed by atoms with Crippen LogP contribution in [0.25, 0.3) is 0 Å². The van der Waals surface area contributed by atoms with Gasteiger partial charge in [-0.2, -0.15) is 0 Å². The first-order valence-corrected chi connectivity index (χ1v) is 9.31. The van der Waals surface area contributed by atoms with Gasteiger partial charge in [-0.1, -0.05) is 50.2 Å². The molecule has 0 spiro atoms. The van der Waals surface area contributed by atoms with Crippen molar-refractivity contribution in [3.05, 3.63) is 65.2 Å². The van der Waals surface area contributed by atoms with Crippen molar-refractivity contribution >= 4 is 17.5 Å². The second kappa shape index (κ2) is 9.76. The zero-order valence-electron chi connectivity index (χ0n) is 15.8. The Balaban J connectivity index is 1.96. The number of carbonyl (C=O) groups is 2. The van der Waals surface area contributed by atoms with Gasteiger partial charge in [0.1, 0.15) is 0 Å². The molecule has 2 aromatic carbocycles. The van der Waals surface area contributed by atoms with Gasteiger partial charge in [0.05, 0.1) is 11.3 Å². The summed E-state index contributed by atoms with van der Waals surface area (Å²) in [5, 5.41) is 5.81. The molecule has 4 nitrogen and oxygen atoms in total. The fourth-order valence-electron chi connectivity index (χ4n) is 2.61. The molecule has 0 saturated heterocycles. The molecule has 2 rings (SSSR count). The van der Waals surface area contributed by atoms with Crippen LogP contribution in [0.2, 0.25) is 0 Å². The molecule has 0 bridgehead atoms. The predicted molar refractivity (Wildman–Crippen MR) is 106 cm³/mol. The van der Waals surface area contributed by atoms with Gasteiger partial charge in [0.2, 0.25) is 5.91 Å². The molecule has 0 aromatic heterocycles. The van der Waals surface area contributed by atoms with E-state index in [2.05, 4.69) is 41.8 Å². The zero-order chi connectivity index (χ0) is 18.9. The first-order chi connectivity index (χ1) is 12.5. The fraction of sp³-hybridized carbons (Fsp3) is 0.364. The molecule has 2 amide bonds. The Morgan fingerprint density at radius 2 is 1.62 bits per heavy atom. The van der Waals surface area contributed by atoms with Crippen LogP contribution in [0.4, 0.5) is 5.69 Å². The van der Waals surface area contributed by atoms with Crippen molar-refractivity contribution in [1.82, 2.24) is 5.32 Å². The SMILES string of the molecule is CCc1ccc(CCC(=O)Nc2ccccc2C(=O)N[C@@H](C)CC)cc1. The van der Waals surface area contributed by atoms with Crippen molar-refractivity contribution < 1.29 is 9.59 Å². The van der Waals surface area contributed by atoms with Crippen LogP contribution >= 0.6 is 0 Å². The average molecular weight is 352 g/mol. The summed E-state index contributed by atoms with van der Waals surface area (Å²) in [4.78, 5) is 24.7. The lowest BCUT2D eigenvalue weighted by atomic mass is 10.1. The third-order valence-electron chi connectivity index (χ3n) is 4.51. The standard InChI is InChI=1S/C22H28N2O2/c1-4-16(3)23-22(26)19-8-6-7-9-20(19)24-21(25)15-14-18-12-10-17(5-2)11-13-18/h6-13,16H,4-5,14-15H2,1-3H3,(H,23,26)(H,24,25)/t16-/m0/s1. The molecule has 0 saturated carbocycles. The van der Waals surface area contributed by atoms with Crippen LogP contribution in [0, 0.1) is 0 Å². The molecular formula is C22H28N2O2. The summed E-state index contributed by atoms with van der Waals surface area (Å²) in [5.74, 6) is -0.251. The van der Waals surface area contributed by atoms with Gasteiger partial charge in [-0.25, -0.2) is 0 Å². The molecule has 1 atom stereocenters. The Morgan fingerprint density at radius 3 is 2.27 bits per heavy atom. The number of carbonyl (C=O) groups excluding carboxylic acids is 2. The van der Waals surface area contributed by atoms with Gasteiger partial charge in [0, 0.05) is 12.5 Å². The molecule has 2 N–H and O–H groups in total. The summed E-state index contributed by atoms with van der Waals surface area (Å²) in [7, 11) is 0. The summed E-state index contributed by atoms with van der Waals surface area (Å²) in [5.41, 5.74) is 3.48. The lowest BCUT2D eigenvalue weighted by molar-refractivity contribution is -0.116. The Hall–Kier alpha value is -2.62. The van der Waals surface area contributed by atoms with Crippen molar-refractivity contribution in [3.8, 4) is 0 Å². The molecule has 2 aromatic rings. The third kappa shape index (κ3) is 5.73. The van der Waals surface area contributed by atoms with Crippen LogP contribution < -0.4 is 10.6 Å². The van der Waals surface area contributed by atoms with E-state index in [-0.39, 0.29) is 17.9 Å². The largest absolute Gasteiger partial charge is 0.350 e. The minimum Gasteiger partial charge on any atom is -0.350 e. The second-order valence-electron chi connectivity index (χ2n) is 6.55. The summed E-state index contributed by atoms with van der Waals surface area (Å²) >= 11 is 0. The molecule has 0 aliphatic carbocycles. The molecule has 0 heterocycles. The molecule has 138 valence electrons. The van der Waals surface area contributed by atoms with E-state index in [0.29, 0.717) is 24.1 Å². The topological polar surface area (TPSA) is 58.2 Å². The van der Waals surface area contributed by atoms with Gasteiger partial charge in [-0.15, -0.1) is 0 Å². The number of nitrogens with one attached hydrogen (secondary N) is 2. The van der Waals surface area contributed by atoms with E-state index in [1.165, 1.54) is 5.56 Å².